The van der Waals surface area contributed by atoms with E-state index < -0.39 is 0 Å². The molecule has 3 rings (SSSR count). The van der Waals surface area contributed by atoms with E-state index in [0.29, 0.717) is 23.8 Å². The van der Waals surface area contributed by atoms with Gasteiger partial charge in [-0.2, -0.15) is 5.10 Å². The number of nitrogens with zero attached hydrogens (tertiary/aromatic N) is 2. The van der Waals surface area contributed by atoms with Gasteiger partial charge in [-0.1, -0.05) is 51.8 Å². The molecule has 0 bridgehead atoms. The molecule has 24 heavy (non-hydrogen) atoms. The van der Waals surface area contributed by atoms with Gasteiger partial charge in [0.25, 0.3) is 0 Å². The Hall–Kier alpha value is -2.11. The van der Waals surface area contributed by atoms with E-state index in [0.717, 1.165) is 15.6 Å². The maximum absolute atomic E-state index is 12.2. The lowest BCUT2D eigenvalue weighted by Crippen LogP contribution is -2.18. The van der Waals surface area contributed by atoms with E-state index in [1.165, 1.54) is 0 Å². The fourth-order valence-corrected chi connectivity index (χ4v) is 2.83. The van der Waals surface area contributed by atoms with Crippen molar-refractivity contribution in [2.75, 3.05) is 5.32 Å². The zero-order valence-corrected chi connectivity index (χ0v) is 15.1. The number of hydrogen-bond acceptors (Lipinski definition) is 2. The summed E-state index contributed by atoms with van der Waals surface area (Å²) >= 11 is 9.39. The normalized spacial score (nSPS) is 10.6. The maximum Gasteiger partial charge on any atom is 0.229 e. The highest BCUT2D eigenvalue weighted by molar-refractivity contribution is 9.10. The summed E-state index contributed by atoms with van der Waals surface area (Å²) in [7, 11) is 0. The van der Waals surface area contributed by atoms with E-state index in [1.807, 2.05) is 48.5 Å². The van der Waals surface area contributed by atoms with Crippen LogP contribution in [0.4, 0.5) is 5.82 Å². The van der Waals surface area contributed by atoms with Gasteiger partial charge in [-0.05, 0) is 35.4 Å². The van der Waals surface area contributed by atoms with E-state index in [1.54, 1.807) is 16.9 Å². The standard InChI is InChI=1S/C18H15BrClN3O/c19-15-6-4-13(5-7-15)11-18(24)22-17-8-9-21-23(17)12-14-2-1-3-16(20)10-14/h1-10H,11-12H2,(H,22,24). The average molecular weight is 405 g/mol. The lowest BCUT2D eigenvalue weighted by atomic mass is 10.1. The summed E-state index contributed by atoms with van der Waals surface area (Å²) in [6.07, 6.45) is 1.98. The van der Waals surface area contributed by atoms with Gasteiger partial charge in [0, 0.05) is 15.6 Å². The minimum absolute atomic E-state index is 0.0785. The van der Waals surface area contributed by atoms with Crippen molar-refractivity contribution in [3.8, 4) is 0 Å². The number of carbonyl (C=O) groups is 1. The van der Waals surface area contributed by atoms with Gasteiger partial charge in [0.15, 0.2) is 0 Å². The molecule has 2 aromatic carbocycles. The van der Waals surface area contributed by atoms with Crippen molar-refractivity contribution in [1.82, 2.24) is 9.78 Å². The van der Waals surface area contributed by atoms with Gasteiger partial charge in [-0.3, -0.25) is 4.79 Å². The number of nitrogens with one attached hydrogen (secondary N) is 1. The van der Waals surface area contributed by atoms with Gasteiger partial charge in [0.05, 0.1) is 19.2 Å². The zero-order valence-electron chi connectivity index (χ0n) is 12.7. The number of aromatic nitrogens is 2. The highest BCUT2D eigenvalue weighted by Gasteiger charge is 2.09. The van der Waals surface area contributed by atoms with E-state index in [4.69, 9.17) is 11.6 Å². The second kappa shape index (κ2) is 7.64. The fraction of sp³-hybridized carbons (Fsp3) is 0.111. The molecule has 0 spiro atoms. The summed E-state index contributed by atoms with van der Waals surface area (Å²) in [4.78, 5) is 12.2. The number of rotatable bonds is 5. The van der Waals surface area contributed by atoms with Crippen LogP contribution in [0.15, 0.2) is 65.3 Å². The third-order valence-corrected chi connectivity index (χ3v) is 4.25. The molecule has 122 valence electrons. The van der Waals surface area contributed by atoms with Gasteiger partial charge in [-0.15, -0.1) is 0 Å². The van der Waals surface area contributed by atoms with Crippen LogP contribution < -0.4 is 5.32 Å². The van der Waals surface area contributed by atoms with E-state index in [9.17, 15) is 4.79 Å². The molecule has 0 aliphatic heterocycles. The Balaban J connectivity index is 1.66. The van der Waals surface area contributed by atoms with Crippen LogP contribution >= 0.6 is 27.5 Å². The number of hydrogen-bond donors (Lipinski definition) is 1. The number of halogens is 2. The summed E-state index contributed by atoms with van der Waals surface area (Å²) in [5.41, 5.74) is 1.98. The maximum atomic E-state index is 12.2. The van der Waals surface area contributed by atoms with E-state index in [2.05, 4.69) is 26.3 Å². The van der Waals surface area contributed by atoms with Crippen molar-refractivity contribution in [1.29, 1.82) is 0 Å². The topological polar surface area (TPSA) is 46.9 Å². The molecule has 0 unspecified atom stereocenters. The molecular formula is C18H15BrClN3O. The Morgan fingerprint density at radius 2 is 1.92 bits per heavy atom. The Labute approximate surface area is 153 Å². The first kappa shape index (κ1) is 16.7. The molecule has 3 aromatic rings. The van der Waals surface area contributed by atoms with Crippen LogP contribution in [0.3, 0.4) is 0 Å². The monoisotopic (exact) mass is 403 g/mol. The molecule has 0 fully saturated rings. The van der Waals surface area contributed by atoms with Gasteiger partial charge in [0.1, 0.15) is 5.82 Å². The molecule has 1 aromatic heterocycles. The average Bonchev–Trinajstić information content (AvgIpc) is 2.96. The summed E-state index contributed by atoms with van der Waals surface area (Å²) < 4.78 is 2.73. The second-order valence-electron chi connectivity index (χ2n) is 5.36. The lowest BCUT2D eigenvalue weighted by Gasteiger charge is -2.09. The van der Waals surface area contributed by atoms with Crippen molar-refractivity contribution >= 4 is 39.3 Å². The zero-order chi connectivity index (χ0) is 16.9. The first-order valence-electron chi connectivity index (χ1n) is 7.41. The lowest BCUT2D eigenvalue weighted by molar-refractivity contribution is -0.115. The highest BCUT2D eigenvalue weighted by Crippen LogP contribution is 2.15. The Bertz CT molecular complexity index is 845. The number of amides is 1. The summed E-state index contributed by atoms with van der Waals surface area (Å²) in [6.45, 7) is 0.543. The third kappa shape index (κ3) is 4.46. The van der Waals surface area contributed by atoms with Crippen LogP contribution in [0, 0.1) is 0 Å². The molecule has 4 nitrogen and oxygen atoms in total. The molecule has 1 N–H and O–H groups in total. The second-order valence-corrected chi connectivity index (χ2v) is 6.71. The molecule has 0 radical (unpaired) electrons. The predicted molar refractivity (Wildman–Crippen MR) is 99.3 cm³/mol. The number of anilines is 1. The largest absolute Gasteiger partial charge is 0.311 e. The Morgan fingerprint density at radius 1 is 1.12 bits per heavy atom. The minimum Gasteiger partial charge on any atom is -0.311 e. The molecule has 0 saturated heterocycles. The number of benzene rings is 2. The first-order chi connectivity index (χ1) is 11.6. The Kier molecular flexibility index (Phi) is 5.33. The predicted octanol–water partition coefficient (Wildman–Crippen LogP) is 4.53. The van der Waals surface area contributed by atoms with Crippen LogP contribution in [0.1, 0.15) is 11.1 Å². The van der Waals surface area contributed by atoms with Gasteiger partial charge in [-0.25, -0.2) is 4.68 Å². The molecular weight excluding hydrogens is 390 g/mol. The molecule has 6 heteroatoms. The van der Waals surface area contributed by atoms with Gasteiger partial charge < -0.3 is 5.32 Å². The molecule has 0 aliphatic rings. The van der Waals surface area contributed by atoms with Crippen LogP contribution in [-0.4, -0.2) is 15.7 Å². The summed E-state index contributed by atoms with van der Waals surface area (Å²) in [5.74, 6) is 0.585. The van der Waals surface area contributed by atoms with Crippen molar-refractivity contribution < 1.29 is 4.79 Å². The molecule has 1 heterocycles. The fourth-order valence-electron chi connectivity index (χ4n) is 2.35. The summed E-state index contributed by atoms with van der Waals surface area (Å²) in [6, 6.07) is 17.1. The highest BCUT2D eigenvalue weighted by atomic mass is 79.9. The van der Waals surface area contributed by atoms with Crippen LogP contribution in [0.5, 0.6) is 0 Å². The first-order valence-corrected chi connectivity index (χ1v) is 8.58. The van der Waals surface area contributed by atoms with Gasteiger partial charge >= 0.3 is 0 Å². The Morgan fingerprint density at radius 3 is 2.67 bits per heavy atom. The van der Waals surface area contributed by atoms with Crippen molar-refractivity contribution in [3.05, 3.63) is 81.4 Å². The van der Waals surface area contributed by atoms with Crippen molar-refractivity contribution in [2.45, 2.75) is 13.0 Å². The van der Waals surface area contributed by atoms with Crippen LogP contribution in [0.2, 0.25) is 5.02 Å². The minimum atomic E-state index is -0.0785. The smallest absolute Gasteiger partial charge is 0.229 e. The van der Waals surface area contributed by atoms with Crippen LogP contribution in [0.25, 0.3) is 0 Å². The molecule has 0 atom stereocenters. The third-order valence-electron chi connectivity index (χ3n) is 3.48. The molecule has 0 aliphatic carbocycles. The van der Waals surface area contributed by atoms with Crippen LogP contribution in [-0.2, 0) is 17.8 Å². The molecule has 0 saturated carbocycles. The molecule has 1 amide bonds. The van der Waals surface area contributed by atoms with E-state index in [-0.39, 0.29) is 5.91 Å². The van der Waals surface area contributed by atoms with E-state index >= 15 is 0 Å². The number of carbonyl (C=O) groups excluding carboxylic acids is 1. The summed E-state index contributed by atoms with van der Waals surface area (Å²) in [5, 5.41) is 7.85. The van der Waals surface area contributed by atoms with Crippen molar-refractivity contribution in [3.63, 3.8) is 0 Å². The SMILES string of the molecule is O=C(Cc1ccc(Br)cc1)Nc1ccnn1Cc1cccc(Cl)c1. The quantitative estimate of drug-likeness (QED) is 0.679. The van der Waals surface area contributed by atoms with Gasteiger partial charge in [0.2, 0.25) is 5.91 Å². The van der Waals surface area contributed by atoms with Crippen molar-refractivity contribution in [2.24, 2.45) is 0 Å².